The van der Waals surface area contributed by atoms with Crippen molar-refractivity contribution in [3.8, 4) is 0 Å². The molecule has 0 aromatic heterocycles. The number of likely N-dealkylation sites (N-methyl/N-ethyl adjacent to an activating group) is 1. The number of fused-ring (bicyclic) bond motifs is 1. The molecule has 0 spiro atoms. The molecule has 2 aliphatic rings. The maximum Gasteiger partial charge on any atom is 0.243 e. The number of sulfonamides is 1. The number of carbonyl (C=O) groups is 2. The van der Waals surface area contributed by atoms with E-state index in [0.717, 1.165) is 22.7 Å². The number of benzene rings is 1. The van der Waals surface area contributed by atoms with Crippen LogP contribution in [0.15, 0.2) is 23.1 Å². The Morgan fingerprint density at radius 2 is 1.96 bits per heavy atom. The van der Waals surface area contributed by atoms with Crippen molar-refractivity contribution in [1.82, 2.24) is 9.21 Å². The number of rotatable bonds is 4. The lowest BCUT2D eigenvalue weighted by molar-refractivity contribution is -0.132. The second-order valence-electron chi connectivity index (χ2n) is 7.55. The van der Waals surface area contributed by atoms with Crippen LogP contribution in [0, 0.1) is 5.92 Å². The van der Waals surface area contributed by atoms with Crippen LogP contribution < -0.4 is 5.32 Å². The molecule has 2 amide bonds. The number of aryl methyl sites for hydroxylation is 1. The molecule has 0 atom stereocenters. The van der Waals surface area contributed by atoms with Crippen molar-refractivity contribution in [2.45, 2.75) is 43.9 Å². The Bertz CT molecular complexity index is 829. The first kappa shape index (κ1) is 19.8. The Hall–Kier alpha value is -1.93. The maximum atomic E-state index is 12.9. The van der Waals surface area contributed by atoms with Crippen LogP contribution in [-0.4, -0.2) is 56.1 Å². The number of nitrogens with one attached hydrogen (secondary N) is 1. The van der Waals surface area contributed by atoms with Gasteiger partial charge in [-0.25, -0.2) is 8.42 Å². The van der Waals surface area contributed by atoms with Gasteiger partial charge in [-0.3, -0.25) is 9.59 Å². The molecule has 0 unspecified atom stereocenters. The number of carbonyl (C=O) groups excluding carboxylic acids is 2. The molecule has 8 heteroatoms. The largest absolute Gasteiger partial charge is 0.342 e. The first-order valence-corrected chi connectivity index (χ1v) is 10.9. The quantitative estimate of drug-likeness (QED) is 0.846. The average molecular weight is 394 g/mol. The molecule has 1 fully saturated rings. The molecule has 0 bridgehead atoms. The van der Waals surface area contributed by atoms with E-state index in [0.29, 0.717) is 44.0 Å². The van der Waals surface area contributed by atoms with Gasteiger partial charge >= 0.3 is 0 Å². The zero-order valence-electron chi connectivity index (χ0n) is 15.9. The number of hydrogen-bond donors (Lipinski definition) is 1. The van der Waals surface area contributed by atoms with E-state index in [1.807, 2.05) is 0 Å². The van der Waals surface area contributed by atoms with Crippen LogP contribution in [0.4, 0.5) is 5.69 Å². The van der Waals surface area contributed by atoms with E-state index in [4.69, 9.17) is 0 Å². The van der Waals surface area contributed by atoms with Crippen LogP contribution in [0.5, 0.6) is 0 Å². The lowest BCUT2D eigenvalue weighted by Crippen LogP contribution is -2.44. The molecule has 1 N–H and O–H groups in total. The van der Waals surface area contributed by atoms with E-state index < -0.39 is 10.0 Å². The summed E-state index contributed by atoms with van der Waals surface area (Å²) in [5.74, 6) is 0.397. The molecule has 1 aromatic rings. The van der Waals surface area contributed by atoms with Gasteiger partial charge in [0, 0.05) is 32.2 Å². The number of likely N-dealkylation sites (tertiary alicyclic amines) is 1. The molecule has 0 aliphatic carbocycles. The molecule has 0 saturated carbocycles. The van der Waals surface area contributed by atoms with Crippen molar-refractivity contribution >= 4 is 27.5 Å². The Morgan fingerprint density at radius 3 is 2.67 bits per heavy atom. The summed E-state index contributed by atoms with van der Waals surface area (Å²) in [7, 11) is -2.33. The number of amides is 2. The number of hydrogen-bond acceptors (Lipinski definition) is 4. The van der Waals surface area contributed by atoms with Crippen molar-refractivity contribution in [1.29, 1.82) is 0 Å². The third-order valence-corrected chi connectivity index (χ3v) is 7.20. The summed E-state index contributed by atoms with van der Waals surface area (Å²) in [5, 5.41) is 2.80. The van der Waals surface area contributed by atoms with Gasteiger partial charge in [0.05, 0.1) is 11.4 Å². The Labute approximate surface area is 160 Å². The molecule has 27 heavy (non-hydrogen) atoms. The van der Waals surface area contributed by atoms with Gasteiger partial charge in [0.15, 0.2) is 0 Å². The fraction of sp³-hybridized carbons (Fsp3) is 0.579. The summed E-state index contributed by atoms with van der Waals surface area (Å²) in [6.07, 6.45) is 3.67. The summed E-state index contributed by atoms with van der Waals surface area (Å²) in [6, 6.07) is 4.73. The van der Waals surface area contributed by atoms with Crippen molar-refractivity contribution in [3.63, 3.8) is 0 Å². The zero-order valence-corrected chi connectivity index (χ0v) is 16.7. The van der Waals surface area contributed by atoms with Gasteiger partial charge in [-0.1, -0.05) is 6.92 Å². The van der Waals surface area contributed by atoms with Crippen molar-refractivity contribution in [2.75, 3.05) is 32.0 Å². The highest BCUT2D eigenvalue weighted by Gasteiger charge is 2.27. The number of piperidine rings is 1. The van der Waals surface area contributed by atoms with Crippen LogP contribution in [0.1, 0.15) is 38.2 Å². The lowest BCUT2D eigenvalue weighted by Gasteiger charge is -2.31. The van der Waals surface area contributed by atoms with Gasteiger partial charge in [0.1, 0.15) is 0 Å². The second kappa shape index (κ2) is 7.98. The molecular weight excluding hydrogens is 366 g/mol. The van der Waals surface area contributed by atoms with E-state index in [9.17, 15) is 18.0 Å². The van der Waals surface area contributed by atoms with Gasteiger partial charge in [-0.2, -0.15) is 4.31 Å². The maximum absolute atomic E-state index is 12.9. The highest BCUT2D eigenvalue weighted by Crippen LogP contribution is 2.26. The Morgan fingerprint density at radius 1 is 1.26 bits per heavy atom. The average Bonchev–Trinajstić information content (AvgIpc) is 2.81. The normalized spacial score (nSPS) is 18.8. The minimum Gasteiger partial charge on any atom is -0.342 e. The molecule has 2 aliphatic heterocycles. The van der Waals surface area contributed by atoms with Gasteiger partial charge in [0.2, 0.25) is 21.8 Å². The van der Waals surface area contributed by atoms with E-state index in [1.54, 1.807) is 17.0 Å². The summed E-state index contributed by atoms with van der Waals surface area (Å²) in [6.45, 7) is 3.38. The van der Waals surface area contributed by atoms with Crippen molar-refractivity contribution < 1.29 is 18.0 Å². The zero-order chi connectivity index (χ0) is 19.6. The van der Waals surface area contributed by atoms with Crippen LogP contribution >= 0.6 is 0 Å². The van der Waals surface area contributed by atoms with Crippen molar-refractivity contribution in [3.05, 3.63) is 23.8 Å². The van der Waals surface area contributed by atoms with Gasteiger partial charge in [0.25, 0.3) is 0 Å². The molecule has 148 valence electrons. The fourth-order valence-electron chi connectivity index (χ4n) is 3.52. The molecular formula is C19H27N3O4S. The Kier molecular flexibility index (Phi) is 5.86. The third kappa shape index (κ3) is 4.50. The monoisotopic (exact) mass is 393 g/mol. The minimum atomic E-state index is -3.77. The summed E-state index contributed by atoms with van der Waals surface area (Å²) in [4.78, 5) is 26.0. The molecule has 3 rings (SSSR count). The Balaban J connectivity index is 1.72. The van der Waals surface area contributed by atoms with Gasteiger partial charge in [-0.05, 0) is 55.4 Å². The highest BCUT2D eigenvalue weighted by molar-refractivity contribution is 7.89. The SMILES string of the molecule is CC1CCN(C(=O)CN(C)S(=O)(=O)c2ccc3c(c2)CCCC(=O)N3)CC1. The van der Waals surface area contributed by atoms with Crippen LogP contribution in [0.2, 0.25) is 0 Å². The van der Waals surface area contributed by atoms with E-state index in [1.165, 1.54) is 13.1 Å². The van der Waals surface area contributed by atoms with Crippen LogP contribution in [0.25, 0.3) is 0 Å². The highest BCUT2D eigenvalue weighted by atomic mass is 32.2. The summed E-state index contributed by atoms with van der Waals surface area (Å²) in [5.41, 5.74) is 1.48. The summed E-state index contributed by atoms with van der Waals surface area (Å²) >= 11 is 0. The van der Waals surface area contributed by atoms with Crippen LogP contribution in [0.3, 0.4) is 0 Å². The number of nitrogens with zero attached hydrogens (tertiary/aromatic N) is 2. The molecule has 1 aromatic carbocycles. The van der Waals surface area contributed by atoms with Crippen molar-refractivity contribution in [2.24, 2.45) is 5.92 Å². The number of anilines is 1. The first-order chi connectivity index (χ1) is 12.8. The van der Waals surface area contributed by atoms with Gasteiger partial charge < -0.3 is 10.2 Å². The predicted molar refractivity (Wildman–Crippen MR) is 103 cm³/mol. The van der Waals surface area contributed by atoms with Crippen LogP contribution in [-0.2, 0) is 26.0 Å². The molecule has 1 saturated heterocycles. The lowest BCUT2D eigenvalue weighted by atomic mass is 9.99. The standard InChI is InChI=1S/C19H27N3O4S/c1-14-8-10-22(11-9-14)19(24)13-21(2)27(25,26)16-6-7-17-15(12-16)4-3-5-18(23)20-17/h6-7,12,14H,3-5,8-11,13H2,1-2H3,(H,20,23). The topological polar surface area (TPSA) is 86.8 Å². The van der Waals surface area contributed by atoms with E-state index >= 15 is 0 Å². The molecule has 7 nitrogen and oxygen atoms in total. The van der Waals surface area contributed by atoms with Gasteiger partial charge in [-0.15, -0.1) is 0 Å². The predicted octanol–water partition coefficient (Wildman–Crippen LogP) is 1.84. The molecule has 2 heterocycles. The molecule has 0 radical (unpaired) electrons. The smallest absolute Gasteiger partial charge is 0.243 e. The first-order valence-electron chi connectivity index (χ1n) is 9.44. The minimum absolute atomic E-state index is 0.0529. The second-order valence-corrected chi connectivity index (χ2v) is 9.59. The fourth-order valence-corrected chi connectivity index (χ4v) is 4.70. The van der Waals surface area contributed by atoms with E-state index in [2.05, 4.69) is 12.2 Å². The van der Waals surface area contributed by atoms with E-state index in [-0.39, 0.29) is 23.3 Å². The third-order valence-electron chi connectivity index (χ3n) is 5.40. The summed E-state index contributed by atoms with van der Waals surface area (Å²) < 4.78 is 26.9.